The molecule has 1 heterocycles. The van der Waals surface area contributed by atoms with E-state index < -0.39 is 10.0 Å². The summed E-state index contributed by atoms with van der Waals surface area (Å²) in [5, 5.41) is 1.12. The van der Waals surface area contributed by atoms with Gasteiger partial charge in [-0.05, 0) is 47.5 Å². The fourth-order valence-corrected chi connectivity index (χ4v) is 4.51. The fourth-order valence-electron chi connectivity index (χ4n) is 3.12. The Balaban J connectivity index is 1.60. The summed E-state index contributed by atoms with van der Waals surface area (Å²) in [7, 11) is -3.79. The molecule has 146 valence electrons. The smallest absolute Gasteiger partial charge is 0.240 e. The first kappa shape index (κ1) is 19.5. The van der Waals surface area contributed by atoms with Gasteiger partial charge in [0.2, 0.25) is 10.0 Å². The normalized spacial score (nSPS) is 11.7. The second-order valence-corrected chi connectivity index (χ2v) is 8.64. The summed E-state index contributed by atoms with van der Waals surface area (Å²) in [4.78, 5) is 4.32. The van der Waals surface area contributed by atoms with E-state index in [1.165, 1.54) is 24.3 Å². The quantitative estimate of drug-likeness (QED) is 0.478. The Bertz CT molecular complexity index is 1300. The molecule has 0 aliphatic rings. The molecule has 0 fully saturated rings. The van der Waals surface area contributed by atoms with E-state index in [0.29, 0.717) is 11.1 Å². The van der Waals surface area contributed by atoms with Crippen LogP contribution in [0.2, 0.25) is 5.02 Å². The third-order valence-electron chi connectivity index (χ3n) is 4.58. The first-order chi connectivity index (χ1) is 13.9. The second kappa shape index (κ2) is 7.91. The molecule has 3 aromatic carbocycles. The van der Waals surface area contributed by atoms with E-state index in [4.69, 9.17) is 11.6 Å². The van der Waals surface area contributed by atoms with Gasteiger partial charge >= 0.3 is 0 Å². The van der Waals surface area contributed by atoms with Gasteiger partial charge in [0.15, 0.2) is 0 Å². The zero-order valence-corrected chi connectivity index (χ0v) is 16.7. The van der Waals surface area contributed by atoms with Crippen molar-refractivity contribution in [2.24, 2.45) is 0 Å². The molecule has 0 aliphatic heterocycles. The van der Waals surface area contributed by atoms with Gasteiger partial charge in [0.05, 0.1) is 10.4 Å². The molecule has 4 aromatic rings. The summed E-state index contributed by atoms with van der Waals surface area (Å²) in [6, 6.07) is 19.7. The summed E-state index contributed by atoms with van der Waals surface area (Å²) in [5.41, 5.74) is 2.76. The molecule has 0 aliphatic carbocycles. The molecule has 1 aromatic heterocycles. The van der Waals surface area contributed by atoms with Crippen molar-refractivity contribution < 1.29 is 12.8 Å². The molecule has 7 heteroatoms. The number of benzene rings is 3. The van der Waals surface area contributed by atoms with Crippen LogP contribution in [0, 0.1) is 5.82 Å². The van der Waals surface area contributed by atoms with Crippen LogP contribution in [0.4, 0.5) is 4.39 Å². The Hall–Kier alpha value is -2.80. The monoisotopic (exact) mass is 426 g/mol. The van der Waals surface area contributed by atoms with Gasteiger partial charge in [-0.3, -0.25) is 4.98 Å². The van der Waals surface area contributed by atoms with E-state index in [-0.39, 0.29) is 22.3 Å². The van der Waals surface area contributed by atoms with Crippen LogP contribution in [-0.2, 0) is 16.6 Å². The van der Waals surface area contributed by atoms with Crippen molar-refractivity contribution in [2.75, 3.05) is 0 Å². The van der Waals surface area contributed by atoms with Crippen molar-refractivity contribution >= 4 is 32.5 Å². The van der Waals surface area contributed by atoms with Gasteiger partial charge in [-0.25, -0.2) is 17.5 Å². The lowest BCUT2D eigenvalue weighted by Crippen LogP contribution is -2.23. The van der Waals surface area contributed by atoms with Crippen molar-refractivity contribution in [3.63, 3.8) is 0 Å². The molecule has 0 bridgehead atoms. The van der Waals surface area contributed by atoms with E-state index in [2.05, 4.69) is 9.71 Å². The number of halogens is 2. The van der Waals surface area contributed by atoms with Crippen LogP contribution in [0.5, 0.6) is 0 Å². The molecule has 0 atom stereocenters. The van der Waals surface area contributed by atoms with Crippen molar-refractivity contribution in [1.82, 2.24) is 9.71 Å². The standard InChI is InChI=1S/C22H16ClFN2O2S/c23-21-13-18(8-9-19(21)15-4-3-5-17(24)12-15)29(27,28)26-14-16-10-11-25-22-7-2-1-6-20(16)22/h1-13,26H,14H2. The summed E-state index contributed by atoms with van der Waals surface area (Å²) < 4.78 is 41.6. The third kappa shape index (κ3) is 4.15. The first-order valence-corrected chi connectivity index (χ1v) is 10.7. The molecule has 1 N–H and O–H groups in total. The van der Waals surface area contributed by atoms with Crippen LogP contribution in [0.3, 0.4) is 0 Å². The highest BCUT2D eigenvalue weighted by Crippen LogP contribution is 2.30. The number of para-hydroxylation sites is 1. The molecule has 0 radical (unpaired) electrons. The van der Waals surface area contributed by atoms with Crippen molar-refractivity contribution in [3.8, 4) is 11.1 Å². The molecule has 0 spiro atoms. The lowest BCUT2D eigenvalue weighted by Gasteiger charge is -2.11. The maximum absolute atomic E-state index is 13.5. The molecule has 29 heavy (non-hydrogen) atoms. The van der Waals surface area contributed by atoms with Gasteiger partial charge in [-0.2, -0.15) is 0 Å². The van der Waals surface area contributed by atoms with Crippen LogP contribution in [0.25, 0.3) is 22.0 Å². The lowest BCUT2D eigenvalue weighted by atomic mass is 10.1. The number of hydrogen-bond donors (Lipinski definition) is 1. The van der Waals surface area contributed by atoms with Crippen LogP contribution >= 0.6 is 11.6 Å². The minimum absolute atomic E-state index is 0.0426. The maximum atomic E-state index is 13.5. The summed E-state index contributed by atoms with van der Waals surface area (Å²) in [5.74, 6) is -0.387. The molecule has 0 saturated heterocycles. The molecule has 0 amide bonds. The van der Waals surface area contributed by atoms with Crippen LogP contribution < -0.4 is 4.72 Å². The number of nitrogens with zero attached hydrogens (tertiary/aromatic N) is 1. The predicted octanol–water partition coefficient (Wildman–Crippen LogP) is 5.17. The van der Waals surface area contributed by atoms with Gasteiger partial charge in [-0.1, -0.05) is 48.0 Å². The summed E-state index contributed by atoms with van der Waals surface area (Å²) in [6.07, 6.45) is 1.65. The van der Waals surface area contributed by atoms with Gasteiger partial charge in [0.25, 0.3) is 0 Å². The van der Waals surface area contributed by atoms with Crippen LogP contribution in [-0.4, -0.2) is 13.4 Å². The van der Waals surface area contributed by atoms with E-state index in [0.717, 1.165) is 16.5 Å². The minimum atomic E-state index is -3.79. The fraction of sp³-hybridized carbons (Fsp3) is 0.0455. The number of aromatic nitrogens is 1. The molecule has 4 nitrogen and oxygen atoms in total. The van der Waals surface area contributed by atoms with E-state index in [1.807, 2.05) is 24.3 Å². The third-order valence-corrected chi connectivity index (χ3v) is 6.29. The Labute approximate surface area is 173 Å². The van der Waals surface area contributed by atoms with Gasteiger partial charge in [-0.15, -0.1) is 0 Å². The summed E-state index contributed by atoms with van der Waals surface area (Å²) >= 11 is 6.29. The lowest BCUT2D eigenvalue weighted by molar-refractivity contribution is 0.581. The molecule has 0 saturated carbocycles. The highest BCUT2D eigenvalue weighted by Gasteiger charge is 2.17. The van der Waals surface area contributed by atoms with Crippen molar-refractivity contribution in [1.29, 1.82) is 0 Å². The van der Waals surface area contributed by atoms with Gasteiger partial charge in [0.1, 0.15) is 5.82 Å². The number of nitrogens with one attached hydrogen (secondary N) is 1. The first-order valence-electron chi connectivity index (χ1n) is 8.82. The van der Waals surface area contributed by atoms with Gasteiger partial charge < -0.3 is 0 Å². The predicted molar refractivity (Wildman–Crippen MR) is 113 cm³/mol. The van der Waals surface area contributed by atoms with E-state index >= 15 is 0 Å². The SMILES string of the molecule is O=S(=O)(NCc1ccnc2ccccc12)c1ccc(-c2cccc(F)c2)c(Cl)c1. The molecular formula is C22H16ClFN2O2S. The number of pyridine rings is 1. The van der Waals surface area contributed by atoms with Crippen LogP contribution in [0.1, 0.15) is 5.56 Å². The maximum Gasteiger partial charge on any atom is 0.240 e. The topological polar surface area (TPSA) is 59.1 Å². The number of hydrogen-bond acceptors (Lipinski definition) is 3. The minimum Gasteiger partial charge on any atom is -0.256 e. The average Bonchev–Trinajstić information content (AvgIpc) is 2.72. The molecular weight excluding hydrogens is 411 g/mol. The zero-order valence-electron chi connectivity index (χ0n) is 15.1. The molecule has 0 unspecified atom stereocenters. The average molecular weight is 427 g/mol. The highest BCUT2D eigenvalue weighted by atomic mass is 35.5. The van der Waals surface area contributed by atoms with Crippen molar-refractivity contribution in [2.45, 2.75) is 11.4 Å². The Morgan fingerprint density at radius 3 is 2.59 bits per heavy atom. The summed E-state index contributed by atoms with van der Waals surface area (Å²) in [6.45, 7) is 0.120. The van der Waals surface area contributed by atoms with Crippen LogP contribution in [0.15, 0.2) is 83.9 Å². The number of fused-ring (bicyclic) bond motifs is 1. The van der Waals surface area contributed by atoms with E-state index in [1.54, 1.807) is 30.5 Å². The Morgan fingerprint density at radius 1 is 0.966 bits per heavy atom. The highest BCUT2D eigenvalue weighted by molar-refractivity contribution is 7.89. The zero-order chi connectivity index (χ0) is 20.4. The van der Waals surface area contributed by atoms with Gasteiger partial charge in [0, 0.05) is 28.7 Å². The van der Waals surface area contributed by atoms with Crippen molar-refractivity contribution in [3.05, 3.63) is 95.4 Å². The second-order valence-electron chi connectivity index (χ2n) is 6.46. The van der Waals surface area contributed by atoms with E-state index in [9.17, 15) is 12.8 Å². The Kier molecular flexibility index (Phi) is 5.32. The molecule has 4 rings (SSSR count). The number of rotatable bonds is 5. The Morgan fingerprint density at radius 2 is 1.79 bits per heavy atom. The largest absolute Gasteiger partial charge is 0.256 e. The number of sulfonamides is 1.